The van der Waals surface area contributed by atoms with Crippen LogP contribution in [0, 0.1) is 13.8 Å². The number of nitrogens with one attached hydrogen (secondary N) is 4. The molecule has 8 N–H and O–H groups in total. The van der Waals surface area contributed by atoms with Gasteiger partial charge in [-0.25, -0.2) is 4.79 Å². The number of carbonyl (C=O) groups excluding carboxylic acids is 3. The van der Waals surface area contributed by atoms with Crippen molar-refractivity contribution in [2.24, 2.45) is 0 Å². The predicted molar refractivity (Wildman–Crippen MR) is 202 cm³/mol. The fourth-order valence-electron chi connectivity index (χ4n) is 5.80. The van der Waals surface area contributed by atoms with Gasteiger partial charge in [0.25, 0.3) is 32.1 Å². The zero-order valence-electron chi connectivity index (χ0n) is 28.2. The van der Waals surface area contributed by atoms with Crippen molar-refractivity contribution in [3.63, 3.8) is 0 Å². The smallest absolute Gasteiger partial charge is 0.323 e. The maximum atomic E-state index is 13.3. The molecule has 6 aromatic rings. The summed E-state index contributed by atoms with van der Waals surface area (Å²) in [4.78, 5) is 38.4. The molecule has 0 spiro atoms. The molecular weight excluding hydrogens is 741 g/mol. The summed E-state index contributed by atoms with van der Waals surface area (Å²) in [5.74, 6) is -1.85. The standard InChI is InChI=1S/C37H30N4O11S2/c1-19-15-23(35(44)40-33-27-17-25(42)9-3-21(27)7-13-31(33)53(47,48)49)5-11-29(19)38-37(46)39-30-12-6-24(16-20(30)2)36(45)41-34-28-18-26(43)10-4-22(28)8-14-32(34)54(50,51)52/h3-18,42-43H,1-2H3,(H,40,44)(H,41,45)(H2,38,39,46)(H,47,48,49)(H,50,51,52). The maximum Gasteiger partial charge on any atom is 0.323 e. The summed E-state index contributed by atoms with van der Waals surface area (Å²) < 4.78 is 68.0. The van der Waals surface area contributed by atoms with Gasteiger partial charge in [-0.2, -0.15) is 16.8 Å². The highest BCUT2D eigenvalue weighted by molar-refractivity contribution is 7.86. The van der Waals surface area contributed by atoms with Crippen molar-refractivity contribution < 1.29 is 50.5 Å². The van der Waals surface area contributed by atoms with Crippen molar-refractivity contribution in [1.29, 1.82) is 0 Å². The highest BCUT2D eigenvalue weighted by Crippen LogP contribution is 2.35. The van der Waals surface area contributed by atoms with Gasteiger partial charge in [-0.3, -0.25) is 18.7 Å². The van der Waals surface area contributed by atoms with Crippen LogP contribution in [-0.4, -0.2) is 54.0 Å². The quantitative estimate of drug-likeness (QED) is 0.0760. The second kappa shape index (κ2) is 14.1. The van der Waals surface area contributed by atoms with Gasteiger partial charge >= 0.3 is 6.03 Å². The topological polar surface area (TPSA) is 249 Å². The summed E-state index contributed by atoms with van der Waals surface area (Å²) in [6, 6.07) is 21.3. The van der Waals surface area contributed by atoms with Crippen molar-refractivity contribution in [2.75, 3.05) is 21.3 Å². The van der Waals surface area contributed by atoms with Crippen LogP contribution in [0.1, 0.15) is 31.8 Å². The van der Waals surface area contributed by atoms with Gasteiger partial charge < -0.3 is 31.5 Å². The van der Waals surface area contributed by atoms with E-state index in [1.165, 1.54) is 84.9 Å². The molecule has 0 aliphatic rings. The number of aryl methyl sites for hydroxylation is 2. The Balaban J connectivity index is 1.16. The third-order valence-corrected chi connectivity index (χ3v) is 10.2. The van der Waals surface area contributed by atoms with E-state index in [9.17, 15) is 50.5 Å². The van der Waals surface area contributed by atoms with Gasteiger partial charge in [0, 0.05) is 33.3 Å². The van der Waals surface area contributed by atoms with Crippen LogP contribution in [0.4, 0.5) is 27.5 Å². The lowest BCUT2D eigenvalue weighted by Crippen LogP contribution is -2.21. The highest BCUT2D eigenvalue weighted by atomic mass is 32.2. The molecule has 0 saturated heterocycles. The average Bonchev–Trinajstić information content (AvgIpc) is 3.09. The van der Waals surface area contributed by atoms with E-state index in [1.807, 2.05) is 0 Å². The lowest BCUT2D eigenvalue weighted by atomic mass is 10.1. The number of hydrogen-bond donors (Lipinski definition) is 8. The van der Waals surface area contributed by atoms with Crippen LogP contribution in [0.3, 0.4) is 0 Å². The van der Waals surface area contributed by atoms with Crippen LogP contribution in [0.2, 0.25) is 0 Å². The van der Waals surface area contributed by atoms with E-state index in [1.54, 1.807) is 13.8 Å². The summed E-state index contributed by atoms with van der Waals surface area (Å²) in [5.41, 5.74) is 1.27. The first kappa shape index (κ1) is 37.2. The number of urea groups is 1. The molecular formula is C37H30N4O11S2. The van der Waals surface area contributed by atoms with Gasteiger partial charge in [-0.05, 0) is 109 Å². The van der Waals surface area contributed by atoms with E-state index in [0.29, 0.717) is 33.3 Å². The number of rotatable bonds is 8. The fourth-order valence-corrected chi connectivity index (χ4v) is 7.12. The van der Waals surface area contributed by atoms with Crippen LogP contribution in [0.15, 0.2) is 107 Å². The first-order valence-electron chi connectivity index (χ1n) is 15.8. The minimum Gasteiger partial charge on any atom is -0.508 e. The molecule has 0 aliphatic heterocycles. The molecule has 0 aliphatic carbocycles. The number of benzene rings is 6. The average molecular weight is 771 g/mol. The summed E-state index contributed by atoms with van der Waals surface area (Å²) in [5, 5.41) is 31.7. The fraction of sp³-hybridized carbons (Fsp3) is 0.0541. The van der Waals surface area contributed by atoms with E-state index < -0.39 is 47.9 Å². The molecule has 54 heavy (non-hydrogen) atoms. The Morgan fingerprint density at radius 3 is 1.22 bits per heavy atom. The van der Waals surface area contributed by atoms with Gasteiger partial charge in [-0.15, -0.1) is 0 Å². The molecule has 276 valence electrons. The van der Waals surface area contributed by atoms with Crippen LogP contribution >= 0.6 is 0 Å². The zero-order valence-corrected chi connectivity index (χ0v) is 29.8. The Labute approximate surface area is 307 Å². The molecule has 0 radical (unpaired) electrons. The largest absolute Gasteiger partial charge is 0.508 e. The van der Waals surface area contributed by atoms with Crippen molar-refractivity contribution in [3.8, 4) is 11.5 Å². The Hall–Kier alpha value is -6.53. The van der Waals surface area contributed by atoms with E-state index in [0.717, 1.165) is 12.1 Å². The number of phenolic OH excluding ortho intramolecular Hbond substituents is 2. The molecule has 6 rings (SSSR count). The monoisotopic (exact) mass is 770 g/mol. The van der Waals surface area contributed by atoms with Gasteiger partial charge in [0.05, 0.1) is 11.4 Å². The second-order valence-electron chi connectivity index (χ2n) is 12.2. The minimum absolute atomic E-state index is 0.0885. The first-order chi connectivity index (χ1) is 25.4. The number of fused-ring (bicyclic) bond motifs is 2. The lowest BCUT2D eigenvalue weighted by Gasteiger charge is -2.15. The number of phenols is 2. The number of anilines is 4. The SMILES string of the molecule is Cc1cc(C(=O)Nc2c(S(=O)(=O)O)ccc3ccc(O)cc23)ccc1NC(=O)Nc1ccc(C(=O)Nc2c(S(=O)(=O)O)ccc3ccc(O)cc23)cc1C. The molecule has 0 bridgehead atoms. The van der Waals surface area contributed by atoms with E-state index in [-0.39, 0.29) is 44.8 Å². The molecule has 0 unspecified atom stereocenters. The van der Waals surface area contributed by atoms with Gasteiger partial charge in [0.1, 0.15) is 21.3 Å². The molecule has 0 saturated carbocycles. The zero-order chi connectivity index (χ0) is 39.1. The molecule has 6 aromatic carbocycles. The summed E-state index contributed by atoms with van der Waals surface area (Å²) in [6.45, 7) is 3.24. The molecule has 0 aromatic heterocycles. The first-order valence-corrected chi connectivity index (χ1v) is 18.7. The number of aromatic hydroxyl groups is 2. The molecule has 4 amide bonds. The highest BCUT2D eigenvalue weighted by Gasteiger charge is 2.23. The molecule has 15 nitrogen and oxygen atoms in total. The Kier molecular flexibility index (Phi) is 9.74. The van der Waals surface area contributed by atoms with E-state index in [4.69, 9.17) is 0 Å². The summed E-state index contributed by atoms with van der Waals surface area (Å²) in [6.07, 6.45) is 0. The molecule has 0 atom stereocenters. The number of carbonyl (C=O) groups is 3. The third-order valence-electron chi connectivity index (χ3n) is 8.44. The lowest BCUT2D eigenvalue weighted by molar-refractivity contribution is 0.101. The van der Waals surface area contributed by atoms with Crippen molar-refractivity contribution in [2.45, 2.75) is 23.6 Å². The summed E-state index contributed by atoms with van der Waals surface area (Å²) in [7, 11) is -9.53. The van der Waals surface area contributed by atoms with Crippen molar-refractivity contribution >= 4 is 82.4 Å². The van der Waals surface area contributed by atoms with Gasteiger partial charge in [0.15, 0.2) is 0 Å². The number of amides is 4. The predicted octanol–water partition coefficient (Wildman–Crippen LogP) is 6.66. The Bertz CT molecular complexity index is 2600. The third kappa shape index (κ3) is 7.79. The van der Waals surface area contributed by atoms with Crippen molar-refractivity contribution in [1.82, 2.24) is 0 Å². The Morgan fingerprint density at radius 1 is 0.500 bits per heavy atom. The van der Waals surface area contributed by atoms with Crippen LogP contribution in [0.5, 0.6) is 11.5 Å². The van der Waals surface area contributed by atoms with Crippen LogP contribution in [0.25, 0.3) is 21.5 Å². The number of hydrogen-bond acceptors (Lipinski definition) is 9. The minimum atomic E-state index is -4.76. The molecule has 0 fully saturated rings. The van der Waals surface area contributed by atoms with Gasteiger partial charge in [-0.1, -0.05) is 24.3 Å². The Morgan fingerprint density at radius 2 is 0.870 bits per heavy atom. The molecule has 0 heterocycles. The van der Waals surface area contributed by atoms with Crippen LogP contribution in [-0.2, 0) is 20.2 Å². The van der Waals surface area contributed by atoms with Crippen LogP contribution < -0.4 is 21.3 Å². The van der Waals surface area contributed by atoms with E-state index in [2.05, 4.69) is 21.3 Å². The van der Waals surface area contributed by atoms with Gasteiger partial charge in [0.2, 0.25) is 0 Å². The van der Waals surface area contributed by atoms with Crippen molar-refractivity contribution in [3.05, 3.63) is 119 Å². The normalized spacial score (nSPS) is 11.6. The van der Waals surface area contributed by atoms with E-state index >= 15 is 0 Å². The summed E-state index contributed by atoms with van der Waals surface area (Å²) >= 11 is 0. The maximum absolute atomic E-state index is 13.3. The molecule has 17 heteroatoms. The second-order valence-corrected chi connectivity index (χ2v) is 15.0.